The van der Waals surface area contributed by atoms with Gasteiger partial charge >= 0.3 is 0 Å². The van der Waals surface area contributed by atoms with Gasteiger partial charge in [-0.2, -0.15) is 0 Å². The molecule has 0 bridgehead atoms. The van der Waals surface area contributed by atoms with Crippen LogP contribution in [0.5, 0.6) is 0 Å². The third-order valence-corrected chi connectivity index (χ3v) is 10.0. The lowest BCUT2D eigenvalue weighted by molar-refractivity contribution is -0.126. The summed E-state index contributed by atoms with van der Waals surface area (Å²) in [5, 5.41) is 10.3. The van der Waals surface area contributed by atoms with E-state index in [-0.39, 0.29) is 6.10 Å². The van der Waals surface area contributed by atoms with Gasteiger partial charge in [0, 0.05) is 0 Å². The van der Waals surface area contributed by atoms with Crippen LogP contribution in [0.4, 0.5) is 0 Å². The fourth-order valence-electron chi connectivity index (χ4n) is 8.51. The average molecular weight is 333 g/mol. The van der Waals surface area contributed by atoms with Crippen molar-refractivity contribution in [2.24, 2.45) is 40.4 Å². The molecule has 1 spiro atoms. The highest BCUT2D eigenvalue weighted by Crippen LogP contribution is 2.69. The molecule has 4 saturated carbocycles. The van der Waals surface area contributed by atoms with E-state index in [1.807, 2.05) is 6.92 Å². The Morgan fingerprint density at radius 2 is 1.67 bits per heavy atom. The monoisotopic (exact) mass is 332 g/mol. The zero-order valence-corrected chi connectivity index (χ0v) is 15.9. The van der Waals surface area contributed by atoms with E-state index in [0.717, 1.165) is 30.3 Å². The van der Waals surface area contributed by atoms with Crippen LogP contribution >= 0.6 is 0 Å². The number of ether oxygens (including phenoxy) is 1. The fraction of sp³-hybridized carbons (Fsp3) is 1.00. The largest absolute Gasteiger partial charge is 0.393 e. The van der Waals surface area contributed by atoms with Gasteiger partial charge in [0.25, 0.3) is 0 Å². The fourth-order valence-corrected chi connectivity index (χ4v) is 8.51. The topological polar surface area (TPSA) is 32.8 Å². The molecule has 1 heterocycles. The first kappa shape index (κ1) is 16.1. The molecule has 0 aromatic rings. The van der Waals surface area contributed by atoms with Crippen molar-refractivity contribution < 1.29 is 9.84 Å². The van der Waals surface area contributed by atoms with Crippen molar-refractivity contribution in [1.29, 1.82) is 0 Å². The maximum atomic E-state index is 10.3. The van der Waals surface area contributed by atoms with Crippen LogP contribution in [0.25, 0.3) is 0 Å². The first-order chi connectivity index (χ1) is 11.4. The second-order valence-corrected chi connectivity index (χ2v) is 10.8. The Bertz CT molecular complexity index is 524. The van der Waals surface area contributed by atoms with Crippen LogP contribution in [-0.2, 0) is 4.74 Å². The number of hydrogen-bond acceptors (Lipinski definition) is 2. The summed E-state index contributed by atoms with van der Waals surface area (Å²) in [5.41, 5.74) is 1.31. The van der Waals surface area contributed by atoms with Crippen LogP contribution < -0.4 is 0 Å². The smallest absolute Gasteiger partial charge is 0.0919 e. The lowest BCUT2D eigenvalue weighted by Gasteiger charge is -2.61. The maximum absolute atomic E-state index is 10.3. The first-order valence-electron chi connectivity index (χ1n) is 10.7. The van der Waals surface area contributed by atoms with E-state index in [1.54, 1.807) is 0 Å². The Labute approximate surface area is 147 Å². The van der Waals surface area contributed by atoms with Gasteiger partial charge in [-0.05, 0) is 105 Å². The molecule has 5 aliphatic rings. The molecule has 5 fully saturated rings. The molecule has 2 heteroatoms. The van der Waals surface area contributed by atoms with E-state index in [2.05, 4.69) is 13.8 Å². The van der Waals surface area contributed by atoms with Crippen molar-refractivity contribution in [2.75, 3.05) is 6.61 Å². The SMILES string of the molecule is C[C@H](O)[C@H]1CC[C@H]2[C@@H]3CC[C@H]4C[C@@]5(CC[C@]4(C)[C@H]3CC[C@]12C)CO5. The molecule has 136 valence electrons. The third-order valence-electron chi connectivity index (χ3n) is 10.0. The predicted octanol–water partition coefficient (Wildman–Crippen LogP) is 4.80. The molecule has 2 nitrogen and oxygen atoms in total. The van der Waals surface area contributed by atoms with E-state index in [9.17, 15) is 5.11 Å². The average Bonchev–Trinajstić information content (AvgIpc) is 3.19. The quantitative estimate of drug-likeness (QED) is 0.700. The minimum atomic E-state index is -0.120. The maximum Gasteiger partial charge on any atom is 0.0919 e. The number of hydrogen-bond donors (Lipinski definition) is 1. The summed E-state index contributed by atoms with van der Waals surface area (Å²) in [5.74, 6) is 4.21. The summed E-state index contributed by atoms with van der Waals surface area (Å²) in [6.45, 7) is 8.26. The number of aliphatic hydroxyl groups is 1. The molecule has 0 aromatic heterocycles. The minimum Gasteiger partial charge on any atom is -0.393 e. The zero-order valence-electron chi connectivity index (χ0n) is 15.9. The van der Waals surface area contributed by atoms with E-state index in [1.165, 1.54) is 57.8 Å². The number of aliphatic hydroxyl groups excluding tert-OH is 1. The van der Waals surface area contributed by atoms with Crippen LogP contribution in [0.2, 0.25) is 0 Å². The Morgan fingerprint density at radius 3 is 2.38 bits per heavy atom. The van der Waals surface area contributed by atoms with Gasteiger partial charge in [-0.3, -0.25) is 0 Å². The van der Waals surface area contributed by atoms with Gasteiger partial charge in [-0.25, -0.2) is 0 Å². The van der Waals surface area contributed by atoms with Gasteiger partial charge in [0.1, 0.15) is 0 Å². The van der Waals surface area contributed by atoms with Gasteiger partial charge < -0.3 is 9.84 Å². The number of rotatable bonds is 1. The molecular formula is C22H36O2. The van der Waals surface area contributed by atoms with Crippen molar-refractivity contribution in [3.63, 3.8) is 0 Å². The van der Waals surface area contributed by atoms with Crippen molar-refractivity contribution in [3.8, 4) is 0 Å². The molecule has 5 rings (SSSR count). The first-order valence-corrected chi connectivity index (χ1v) is 10.7. The standard InChI is InChI=1S/C22H36O2/c1-14(23)17-6-7-18-16-5-4-15-12-22(13-24-22)11-10-20(15,2)19(16)8-9-21(17,18)3/h14-19,23H,4-13H2,1-3H3/t14-,15-,16-,17+,18-,19-,20-,21+,22-/m0/s1. The Kier molecular flexibility index (Phi) is 3.36. The van der Waals surface area contributed by atoms with Crippen LogP contribution in [0.1, 0.15) is 78.6 Å². The minimum absolute atomic E-state index is 0.120. The number of epoxide rings is 1. The van der Waals surface area contributed by atoms with E-state index < -0.39 is 0 Å². The Hall–Kier alpha value is -0.0800. The Balaban J connectivity index is 1.42. The molecule has 9 atom stereocenters. The van der Waals surface area contributed by atoms with Gasteiger partial charge in [0.2, 0.25) is 0 Å². The van der Waals surface area contributed by atoms with Gasteiger partial charge in [-0.1, -0.05) is 13.8 Å². The van der Waals surface area contributed by atoms with Crippen LogP contribution in [0, 0.1) is 40.4 Å². The summed E-state index contributed by atoms with van der Waals surface area (Å²) in [7, 11) is 0. The van der Waals surface area contributed by atoms with Crippen LogP contribution in [0.15, 0.2) is 0 Å². The molecule has 0 unspecified atom stereocenters. The van der Waals surface area contributed by atoms with Gasteiger partial charge in [0.05, 0.1) is 18.3 Å². The van der Waals surface area contributed by atoms with Gasteiger partial charge in [-0.15, -0.1) is 0 Å². The lowest BCUT2D eigenvalue weighted by atomic mass is 9.44. The molecule has 0 amide bonds. The highest BCUT2D eigenvalue weighted by atomic mass is 16.6. The van der Waals surface area contributed by atoms with Crippen molar-refractivity contribution >= 4 is 0 Å². The summed E-state index contributed by atoms with van der Waals surface area (Å²) >= 11 is 0. The molecule has 4 aliphatic carbocycles. The van der Waals surface area contributed by atoms with Crippen LogP contribution in [-0.4, -0.2) is 23.4 Å². The second kappa shape index (κ2) is 5.00. The lowest BCUT2D eigenvalue weighted by Crippen LogP contribution is -2.54. The number of fused-ring (bicyclic) bond motifs is 5. The molecular weight excluding hydrogens is 296 g/mol. The third kappa shape index (κ3) is 2.02. The normalized spacial score (nSPS) is 60.2. The summed E-state index contributed by atoms with van der Waals surface area (Å²) in [4.78, 5) is 0. The molecule has 24 heavy (non-hydrogen) atoms. The predicted molar refractivity (Wildman–Crippen MR) is 95.6 cm³/mol. The van der Waals surface area contributed by atoms with Crippen molar-refractivity contribution in [3.05, 3.63) is 0 Å². The van der Waals surface area contributed by atoms with E-state index in [4.69, 9.17) is 4.74 Å². The summed E-state index contributed by atoms with van der Waals surface area (Å²) in [6.07, 6.45) is 12.3. The van der Waals surface area contributed by atoms with E-state index in [0.29, 0.717) is 22.3 Å². The van der Waals surface area contributed by atoms with Crippen LogP contribution in [0.3, 0.4) is 0 Å². The summed E-state index contributed by atoms with van der Waals surface area (Å²) in [6, 6.07) is 0. The Morgan fingerprint density at radius 1 is 0.917 bits per heavy atom. The molecule has 0 radical (unpaired) electrons. The zero-order chi connectivity index (χ0) is 16.7. The summed E-state index contributed by atoms with van der Waals surface area (Å²) < 4.78 is 5.87. The van der Waals surface area contributed by atoms with Crippen molar-refractivity contribution in [1.82, 2.24) is 0 Å². The molecule has 1 saturated heterocycles. The molecule has 1 N–H and O–H groups in total. The molecule has 1 aliphatic heterocycles. The van der Waals surface area contributed by atoms with E-state index >= 15 is 0 Å². The highest BCUT2D eigenvalue weighted by Gasteiger charge is 2.63. The van der Waals surface area contributed by atoms with Crippen molar-refractivity contribution in [2.45, 2.75) is 90.3 Å². The van der Waals surface area contributed by atoms with Gasteiger partial charge in [0.15, 0.2) is 0 Å². The second-order valence-electron chi connectivity index (χ2n) is 10.8. The highest BCUT2D eigenvalue weighted by molar-refractivity contribution is 5.12. The molecule has 0 aromatic carbocycles.